The molecule has 0 aliphatic carbocycles. The Morgan fingerprint density at radius 3 is 2.71 bits per heavy atom. The SMILES string of the molecule is CC[C@H](NCc1ccc2c(c1)N=C(c1cc(C)c(=O)n(C)c1)C(CC1CCOCC1)CC2)C(=O)O. The summed E-state index contributed by atoms with van der Waals surface area (Å²) in [5, 5.41) is 12.5. The quantitative estimate of drug-likeness (QED) is 0.593. The molecule has 2 N–H and O–H groups in total. The van der Waals surface area contributed by atoms with Crippen molar-refractivity contribution < 1.29 is 14.6 Å². The molecular formula is C28H37N3O4. The number of nitrogens with one attached hydrogen (secondary N) is 1. The van der Waals surface area contributed by atoms with Crippen molar-refractivity contribution in [1.29, 1.82) is 0 Å². The lowest BCUT2D eigenvalue weighted by molar-refractivity contribution is -0.139. The summed E-state index contributed by atoms with van der Waals surface area (Å²) < 4.78 is 7.24. The molecule has 1 aromatic heterocycles. The number of carboxylic acids is 1. The third-order valence-electron chi connectivity index (χ3n) is 7.42. The van der Waals surface area contributed by atoms with Crippen molar-refractivity contribution in [2.45, 2.75) is 65.0 Å². The number of aliphatic carboxylic acids is 1. The van der Waals surface area contributed by atoms with Crippen LogP contribution in [0, 0.1) is 18.8 Å². The second kappa shape index (κ2) is 11.3. The van der Waals surface area contributed by atoms with Gasteiger partial charge in [0.25, 0.3) is 5.56 Å². The fourth-order valence-electron chi connectivity index (χ4n) is 5.30. The fourth-order valence-corrected chi connectivity index (χ4v) is 5.30. The average molecular weight is 480 g/mol. The van der Waals surface area contributed by atoms with Crippen molar-refractivity contribution in [2.24, 2.45) is 23.9 Å². The number of aromatic nitrogens is 1. The molecule has 1 saturated heterocycles. The summed E-state index contributed by atoms with van der Waals surface area (Å²) in [6.45, 7) is 5.87. The van der Waals surface area contributed by atoms with Crippen LogP contribution < -0.4 is 10.9 Å². The standard InChI is InChI=1S/C28H37N3O4/c1-4-24(28(33)34)29-16-20-5-6-21-7-8-22(14-19-9-11-35-12-10-19)26(30-25(21)15-20)23-13-18(2)27(32)31(3)17-23/h5-6,13,15,17,19,22,24,29H,4,7-12,14,16H2,1-3H3,(H,33,34)/t22?,24-/m0/s1. The summed E-state index contributed by atoms with van der Waals surface area (Å²) in [6, 6.07) is 7.71. The van der Waals surface area contributed by atoms with E-state index in [2.05, 4.69) is 23.5 Å². The van der Waals surface area contributed by atoms with Crippen LogP contribution in [-0.2, 0) is 29.5 Å². The van der Waals surface area contributed by atoms with E-state index in [0.29, 0.717) is 24.8 Å². The summed E-state index contributed by atoms with van der Waals surface area (Å²) >= 11 is 0. The summed E-state index contributed by atoms with van der Waals surface area (Å²) in [4.78, 5) is 29.0. The Morgan fingerprint density at radius 2 is 2.03 bits per heavy atom. The normalized spacial score (nSPS) is 19.5. The molecule has 0 spiro atoms. The van der Waals surface area contributed by atoms with Crippen LogP contribution in [0.25, 0.3) is 0 Å². The Morgan fingerprint density at radius 1 is 1.26 bits per heavy atom. The van der Waals surface area contributed by atoms with Gasteiger partial charge in [0.1, 0.15) is 6.04 Å². The number of ether oxygens (including phenoxy) is 1. The average Bonchev–Trinajstić information content (AvgIpc) is 3.02. The number of nitrogens with zero attached hydrogens (tertiary/aromatic N) is 2. The number of hydrogen-bond donors (Lipinski definition) is 2. The molecule has 7 heteroatoms. The molecule has 2 aliphatic rings. The number of rotatable bonds is 8. The van der Waals surface area contributed by atoms with Crippen molar-refractivity contribution in [1.82, 2.24) is 9.88 Å². The Labute approximate surface area is 207 Å². The number of carbonyl (C=O) groups is 1. The van der Waals surface area contributed by atoms with Gasteiger partial charge in [-0.3, -0.25) is 14.6 Å². The van der Waals surface area contributed by atoms with E-state index in [1.165, 1.54) is 5.56 Å². The molecule has 0 saturated carbocycles. The van der Waals surface area contributed by atoms with E-state index in [9.17, 15) is 14.7 Å². The Bertz CT molecular complexity index is 1120. The summed E-state index contributed by atoms with van der Waals surface area (Å²) in [7, 11) is 1.80. The number of pyridine rings is 1. The van der Waals surface area contributed by atoms with Crippen LogP contribution in [-0.4, -0.2) is 40.6 Å². The van der Waals surface area contributed by atoms with Crippen LogP contribution in [0.2, 0.25) is 0 Å². The lowest BCUT2D eigenvalue weighted by atomic mass is 9.82. The summed E-state index contributed by atoms with van der Waals surface area (Å²) in [6.07, 6.45) is 7.65. The topological polar surface area (TPSA) is 92.9 Å². The first-order valence-corrected chi connectivity index (χ1v) is 12.8. The highest BCUT2D eigenvalue weighted by atomic mass is 16.5. The first-order chi connectivity index (χ1) is 16.9. The fraction of sp³-hybridized carbons (Fsp3) is 0.536. The largest absolute Gasteiger partial charge is 0.480 e. The number of carboxylic acid groups (broad SMARTS) is 1. The van der Waals surface area contributed by atoms with E-state index in [1.807, 2.05) is 26.1 Å². The summed E-state index contributed by atoms with van der Waals surface area (Å²) in [5.74, 6) is 0.0968. The lowest BCUT2D eigenvalue weighted by Gasteiger charge is -2.27. The van der Waals surface area contributed by atoms with Crippen LogP contribution in [0.15, 0.2) is 40.2 Å². The molecule has 3 heterocycles. The molecule has 0 bridgehead atoms. The third kappa shape index (κ3) is 6.08. The van der Waals surface area contributed by atoms with Gasteiger partial charge in [-0.05, 0) is 74.6 Å². The first-order valence-electron chi connectivity index (χ1n) is 12.8. The van der Waals surface area contributed by atoms with Crippen molar-refractivity contribution >= 4 is 17.4 Å². The Kier molecular flexibility index (Phi) is 8.19. The van der Waals surface area contributed by atoms with Gasteiger partial charge in [-0.1, -0.05) is 19.1 Å². The van der Waals surface area contributed by atoms with Gasteiger partial charge in [0, 0.05) is 50.0 Å². The second-order valence-corrected chi connectivity index (χ2v) is 9.99. The highest BCUT2D eigenvalue weighted by molar-refractivity contribution is 6.04. The molecule has 35 heavy (non-hydrogen) atoms. The molecule has 1 fully saturated rings. The Balaban J connectivity index is 1.69. The van der Waals surface area contributed by atoms with E-state index in [1.54, 1.807) is 11.6 Å². The van der Waals surface area contributed by atoms with Gasteiger partial charge in [-0.2, -0.15) is 0 Å². The smallest absolute Gasteiger partial charge is 0.320 e. The predicted molar refractivity (Wildman–Crippen MR) is 138 cm³/mol. The van der Waals surface area contributed by atoms with E-state index >= 15 is 0 Å². The highest BCUT2D eigenvalue weighted by Crippen LogP contribution is 2.35. The zero-order chi connectivity index (χ0) is 24.9. The van der Waals surface area contributed by atoms with Crippen LogP contribution >= 0.6 is 0 Å². The number of benzene rings is 1. The van der Waals surface area contributed by atoms with Crippen molar-refractivity contribution in [3.05, 3.63) is 63.1 Å². The molecule has 2 atom stereocenters. The lowest BCUT2D eigenvalue weighted by Crippen LogP contribution is -2.35. The van der Waals surface area contributed by atoms with Crippen LogP contribution in [0.1, 0.15) is 61.3 Å². The second-order valence-electron chi connectivity index (χ2n) is 9.99. The number of hydrogen-bond acceptors (Lipinski definition) is 5. The van der Waals surface area contributed by atoms with Gasteiger partial charge < -0.3 is 19.7 Å². The van der Waals surface area contributed by atoms with Gasteiger partial charge in [0.15, 0.2) is 0 Å². The molecule has 2 aliphatic heterocycles. The minimum atomic E-state index is -0.830. The molecule has 188 valence electrons. The van der Waals surface area contributed by atoms with Crippen molar-refractivity contribution in [2.75, 3.05) is 13.2 Å². The van der Waals surface area contributed by atoms with Crippen LogP contribution in [0.3, 0.4) is 0 Å². The minimum Gasteiger partial charge on any atom is -0.480 e. The van der Waals surface area contributed by atoms with Crippen molar-refractivity contribution in [3.8, 4) is 0 Å². The predicted octanol–water partition coefficient (Wildman–Crippen LogP) is 4.15. The van der Waals surface area contributed by atoms with Crippen LogP contribution in [0.4, 0.5) is 5.69 Å². The van der Waals surface area contributed by atoms with Gasteiger partial charge in [-0.15, -0.1) is 0 Å². The Hall–Kier alpha value is -2.77. The molecule has 1 aromatic carbocycles. The molecule has 2 aromatic rings. The maximum Gasteiger partial charge on any atom is 0.320 e. The molecular weight excluding hydrogens is 442 g/mol. The number of aryl methyl sites for hydroxylation is 3. The monoisotopic (exact) mass is 479 g/mol. The third-order valence-corrected chi connectivity index (χ3v) is 7.42. The van der Waals surface area contributed by atoms with E-state index < -0.39 is 12.0 Å². The molecule has 7 nitrogen and oxygen atoms in total. The summed E-state index contributed by atoms with van der Waals surface area (Å²) in [5.41, 5.74) is 5.98. The van der Waals surface area contributed by atoms with E-state index in [-0.39, 0.29) is 5.56 Å². The maximum atomic E-state index is 12.4. The van der Waals surface area contributed by atoms with E-state index in [0.717, 1.165) is 73.4 Å². The number of fused-ring (bicyclic) bond motifs is 1. The zero-order valence-electron chi connectivity index (χ0n) is 21.0. The van der Waals surface area contributed by atoms with Gasteiger partial charge >= 0.3 is 5.97 Å². The van der Waals surface area contributed by atoms with Crippen LogP contribution in [0.5, 0.6) is 0 Å². The maximum absolute atomic E-state index is 12.4. The zero-order valence-corrected chi connectivity index (χ0v) is 21.0. The van der Waals surface area contributed by atoms with Gasteiger partial charge in [-0.25, -0.2) is 0 Å². The van der Waals surface area contributed by atoms with E-state index in [4.69, 9.17) is 9.73 Å². The molecule has 4 rings (SSSR count). The van der Waals surface area contributed by atoms with Gasteiger partial charge in [0.05, 0.1) is 11.4 Å². The molecule has 0 amide bonds. The first kappa shape index (κ1) is 25.3. The minimum absolute atomic E-state index is 0.0154. The van der Waals surface area contributed by atoms with Crippen molar-refractivity contribution in [3.63, 3.8) is 0 Å². The highest BCUT2D eigenvalue weighted by Gasteiger charge is 2.27. The molecule has 1 unspecified atom stereocenters. The van der Waals surface area contributed by atoms with Gasteiger partial charge in [0.2, 0.25) is 0 Å². The molecule has 0 radical (unpaired) electrons. The number of aliphatic imine (C=N–C) groups is 1.